The topological polar surface area (TPSA) is 402 Å². The number of ether oxygens (including phenoxy) is 16. The molecule has 1 saturated heterocycles. The zero-order valence-corrected chi connectivity index (χ0v) is 82.2. The van der Waals surface area contributed by atoms with Gasteiger partial charge in [0.2, 0.25) is 0 Å². The van der Waals surface area contributed by atoms with E-state index < -0.39 is 157 Å². The first-order chi connectivity index (χ1) is 65.2. The molecule has 22 bridgehead atoms. The van der Waals surface area contributed by atoms with Crippen LogP contribution in [-0.2, 0) is 119 Å². The zero-order chi connectivity index (χ0) is 101. The van der Waals surface area contributed by atoms with E-state index in [9.17, 15) is 104 Å². The van der Waals surface area contributed by atoms with Crippen LogP contribution in [0.25, 0.3) is 0 Å². The minimum atomic E-state index is -3.71. The quantitative estimate of drug-likeness (QED) is 0.0170. The molecular formula is C102H146F8O30. The molecule has 24 saturated carbocycles. The Labute approximate surface area is 811 Å². The second-order valence-electron chi connectivity index (χ2n) is 48.9. The second-order valence-corrected chi connectivity index (χ2v) is 48.9. The highest BCUT2D eigenvalue weighted by molar-refractivity contribution is 5.80. The van der Waals surface area contributed by atoms with Crippen molar-refractivity contribution in [1.82, 2.24) is 0 Å². The largest absolute Gasteiger partial charge is 0.462 e. The fraction of sp³-hybridized carbons (Fsp3) is 0.912. The molecule has 1 aliphatic heterocycles. The lowest BCUT2D eigenvalue weighted by Gasteiger charge is -2.66. The molecule has 38 heteroatoms. The summed E-state index contributed by atoms with van der Waals surface area (Å²) in [6.07, 6.45) is 25.3. The summed E-state index contributed by atoms with van der Waals surface area (Å²) in [7, 11) is 0. The highest BCUT2D eigenvalue weighted by atomic mass is 19.3. The monoisotopic (exact) mass is 2000 g/mol. The summed E-state index contributed by atoms with van der Waals surface area (Å²) in [6, 6.07) is 0. The molecule has 0 amide bonds. The van der Waals surface area contributed by atoms with E-state index in [1.807, 2.05) is 0 Å². The van der Waals surface area contributed by atoms with Gasteiger partial charge in [0.25, 0.3) is 0 Å². The molecule has 790 valence electrons. The third-order valence-corrected chi connectivity index (χ3v) is 35.9. The van der Waals surface area contributed by atoms with Gasteiger partial charge in [0.15, 0.2) is 0 Å². The minimum absolute atomic E-state index is 0.0184. The smallest absolute Gasteiger partial charge is 0.377 e. The van der Waals surface area contributed by atoms with Crippen molar-refractivity contribution in [3.05, 3.63) is 0 Å². The van der Waals surface area contributed by atoms with Crippen LogP contribution in [0.4, 0.5) is 35.1 Å². The van der Waals surface area contributed by atoms with Gasteiger partial charge in [0.05, 0.1) is 93.0 Å². The number of hydrogen-bond donors (Lipinski definition) is 5. The molecule has 30 nitrogen and oxygen atoms in total. The number of carbonyl (C=O) groups is 9. The Morgan fingerprint density at radius 1 is 0.371 bits per heavy atom. The summed E-state index contributed by atoms with van der Waals surface area (Å²) in [5.74, 6) is -20.3. The lowest BCUT2D eigenvalue weighted by molar-refractivity contribution is -0.313. The van der Waals surface area contributed by atoms with Crippen LogP contribution in [0, 0.1) is 65.1 Å². The van der Waals surface area contributed by atoms with E-state index in [1.165, 1.54) is 44.9 Å². The van der Waals surface area contributed by atoms with E-state index in [0.29, 0.717) is 129 Å². The molecular weight excluding hydrogens is 1860 g/mol. The van der Waals surface area contributed by atoms with Gasteiger partial charge in [-0.2, -0.15) is 35.1 Å². The van der Waals surface area contributed by atoms with Crippen LogP contribution in [0.1, 0.15) is 325 Å². The van der Waals surface area contributed by atoms with Crippen LogP contribution in [0.3, 0.4) is 0 Å². The lowest BCUT2D eigenvalue weighted by Crippen LogP contribution is -2.73. The third kappa shape index (κ3) is 22.5. The fourth-order valence-electron chi connectivity index (χ4n) is 33.2. The molecule has 140 heavy (non-hydrogen) atoms. The van der Waals surface area contributed by atoms with Crippen molar-refractivity contribution in [2.75, 3.05) is 66.1 Å². The SMILES string of the molecule is CC(C)C1(OCCOC(=O)COC23CC4(O)CC(O)(C2)CC(OC(=O)C(C)(F)F)(C4)C3)C2CC3CC(C2)CC1C3.CC(F)(F)C(=O)OC12CC3CC(O)(CC(OCC(=O)OC4C5CC6C(=O)OC4C6C5)(C3)C1)C2.CC1(OCCOC(=O)COC23CC4CC(O)(C2)CC(OC(=O)C(C)(F)F)(C4)C3)CCCCC1.CCC1(OCCOC(=O)COC23CC4CC(O)(C2)CC(OC(=O)C(C)(F)F)(C4)C3)CCCCC1. The molecule has 1 heterocycles. The minimum Gasteiger partial charge on any atom is -0.462 e. The van der Waals surface area contributed by atoms with Gasteiger partial charge in [-0.05, 0) is 189 Å². The molecule has 25 fully saturated rings. The zero-order valence-electron chi connectivity index (χ0n) is 82.2. The van der Waals surface area contributed by atoms with Crippen LogP contribution in [0.15, 0.2) is 0 Å². The maximum atomic E-state index is 13.7. The Morgan fingerprint density at radius 2 is 0.714 bits per heavy atom. The van der Waals surface area contributed by atoms with Crippen LogP contribution in [0.5, 0.6) is 0 Å². The van der Waals surface area contributed by atoms with E-state index in [4.69, 9.17) is 75.8 Å². The van der Waals surface area contributed by atoms with Crippen molar-refractivity contribution in [2.24, 2.45) is 65.1 Å². The van der Waals surface area contributed by atoms with E-state index in [-0.39, 0.29) is 200 Å². The Balaban J connectivity index is 0.000000129. The Kier molecular flexibility index (Phi) is 28.5. The summed E-state index contributed by atoms with van der Waals surface area (Å²) in [5.41, 5.74) is -15.9. The van der Waals surface area contributed by atoms with Crippen LogP contribution in [0.2, 0.25) is 0 Å². The van der Waals surface area contributed by atoms with E-state index in [2.05, 4.69) is 27.7 Å². The van der Waals surface area contributed by atoms with Gasteiger partial charge in [0, 0.05) is 136 Å². The number of hydrogen-bond acceptors (Lipinski definition) is 30. The van der Waals surface area contributed by atoms with Gasteiger partial charge in [0.1, 0.15) is 80.9 Å². The normalized spacial score (nSPS) is 42.4. The van der Waals surface area contributed by atoms with Crippen LogP contribution >= 0.6 is 0 Å². The van der Waals surface area contributed by atoms with Crippen molar-refractivity contribution in [1.29, 1.82) is 0 Å². The van der Waals surface area contributed by atoms with Crippen molar-refractivity contribution in [3.8, 4) is 0 Å². The highest BCUT2D eigenvalue weighted by Crippen LogP contribution is 2.69. The standard InChI is InChI=1S/C30H44F2O8.C25H38F2O7.C24H36F2O7.C23H28F2O8/c1-18(2)30(21-7-19-6-20(9-21)10-22(30)8-19)38-5-4-37-23(33)11-39-28-13-26(35)12-27(36,14-28)16-29(15-26,17-28)40-24(34)25(3,31)32;1-3-23(7-5-4-6-8-23)32-10-9-31-19(28)14-33-24-12-18-11-22(30,15-24)16-25(13-18,17-24)34-20(29)21(2,26)27;1-20(6-4-3-5-7-20)31-9-8-30-18(27)13-32-23-11-17-10-22(29,14-23)15-24(12-17,16-23)33-19(28)21(2,25)26;1-20(24,25)19(28)33-23-6-11-4-21(29,9-23)8-22(5-11,10-23)30-7-15(26)31-16-12-2-13-14(3-12)18(27)32-17(13)16/h18-22,35-36H,4-17H2,1-3H3;18,30H,3-17H2,1-2H3;17,29H,3-16H2,1-2H3;11-14,16-17,29H,2-10H2,1H3. The van der Waals surface area contributed by atoms with Crippen molar-refractivity contribution >= 4 is 53.7 Å². The third-order valence-electron chi connectivity index (χ3n) is 35.9. The maximum absolute atomic E-state index is 13.7. The molecule has 19 atom stereocenters. The van der Waals surface area contributed by atoms with E-state index in [0.717, 1.165) is 76.0 Å². The van der Waals surface area contributed by atoms with Gasteiger partial charge in [-0.1, -0.05) is 59.3 Å². The number of halogens is 8. The predicted octanol–water partition coefficient (Wildman–Crippen LogP) is 13.6. The molecule has 0 aromatic heterocycles. The molecule has 24 aliphatic carbocycles. The Hall–Kier alpha value is -5.81. The number of fused-ring (bicyclic) bond motifs is 1. The van der Waals surface area contributed by atoms with Gasteiger partial charge in [-0.3, -0.25) is 4.79 Å². The van der Waals surface area contributed by atoms with Gasteiger partial charge < -0.3 is 101 Å². The van der Waals surface area contributed by atoms with Crippen molar-refractivity contribution < 1.29 is 180 Å². The molecule has 0 aromatic carbocycles. The summed E-state index contributed by atoms with van der Waals surface area (Å²) in [6.45, 7) is 10.5. The average molecular weight is 2000 g/mol. The molecule has 0 aromatic rings. The second kappa shape index (κ2) is 37.8. The van der Waals surface area contributed by atoms with Gasteiger partial charge >= 0.3 is 77.4 Å². The number of esters is 9. The molecule has 0 spiro atoms. The van der Waals surface area contributed by atoms with E-state index in [1.54, 1.807) is 0 Å². The summed E-state index contributed by atoms with van der Waals surface area (Å²) >= 11 is 0. The average Bonchev–Trinajstić information content (AvgIpc) is 1.65. The number of alkyl halides is 8. The number of rotatable bonds is 35. The molecule has 0 radical (unpaired) electrons. The van der Waals surface area contributed by atoms with Crippen molar-refractivity contribution in [3.63, 3.8) is 0 Å². The molecule has 25 aliphatic rings. The van der Waals surface area contributed by atoms with Crippen molar-refractivity contribution in [2.45, 2.75) is 451 Å². The summed E-state index contributed by atoms with van der Waals surface area (Å²) in [4.78, 5) is 110. The maximum Gasteiger partial charge on any atom is 0.377 e. The number of carbonyl (C=O) groups excluding carboxylic acids is 9. The van der Waals surface area contributed by atoms with Gasteiger partial charge in [-0.25, -0.2) is 38.4 Å². The Bertz CT molecular complexity index is 4570. The Morgan fingerprint density at radius 3 is 1.11 bits per heavy atom. The fourth-order valence-corrected chi connectivity index (χ4v) is 33.2. The first-order valence-electron chi connectivity index (χ1n) is 51.6. The predicted molar refractivity (Wildman–Crippen MR) is 471 cm³/mol. The molecule has 25 rings (SSSR count). The molecule has 19 unspecified atom stereocenters. The van der Waals surface area contributed by atoms with E-state index >= 15 is 0 Å². The first kappa shape index (κ1) is 106. The first-order valence-corrected chi connectivity index (χ1v) is 51.6. The summed E-state index contributed by atoms with van der Waals surface area (Å²) < 4.78 is 199. The summed E-state index contributed by atoms with van der Waals surface area (Å²) in [5, 5.41) is 55.6. The van der Waals surface area contributed by atoms with Gasteiger partial charge in [-0.15, -0.1) is 0 Å². The van der Waals surface area contributed by atoms with Crippen LogP contribution in [-0.4, -0.2) is 271 Å². The van der Waals surface area contributed by atoms with Crippen LogP contribution < -0.4 is 0 Å². The molecule has 5 N–H and O–H groups in total. The highest BCUT2D eigenvalue weighted by Gasteiger charge is 2.74. The number of aliphatic hydroxyl groups is 5. The lowest BCUT2D eigenvalue weighted by atomic mass is 9.47.